The van der Waals surface area contributed by atoms with E-state index in [1.54, 1.807) is 14.2 Å². The van der Waals surface area contributed by atoms with Crippen molar-refractivity contribution < 1.29 is 9.47 Å². The molecule has 0 radical (unpaired) electrons. The zero-order valence-electron chi connectivity index (χ0n) is 15.4. The molecule has 2 unspecified atom stereocenters. The second-order valence-corrected chi connectivity index (χ2v) is 6.59. The highest BCUT2D eigenvalue weighted by atomic mass is 16.7. The fourth-order valence-electron chi connectivity index (χ4n) is 3.15. The topological polar surface area (TPSA) is 70.5 Å². The molecule has 0 aromatic rings. The van der Waals surface area contributed by atoms with E-state index in [2.05, 4.69) is 6.92 Å². The van der Waals surface area contributed by atoms with Gasteiger partial charge in [-0.1, -0.05) is 45.4 Å². The van der Waals surface area contributed by atoms with Crippen LogP contribution >= 0.6 is 0 Å². The molecule has 0 amide bonds. The van der Waals surface area contributed by atoms with E-state index in [-0.39, 0.29) is 0 Å². The molecule has 0 aliphatic carbocycles. The molecule has 0 saturated heterocycles. The summed E-state index contributed by atoms with van der Waals surface area (Å²) in [6.07, 6.45) is 11.0. The van der Waals surface area contributed by atoms with Crippen LogP contribution in [0.1, 0.15) is 71.6 Å². The second-order valence-electron chi connectivity index (χ2n) is 6.59. The summed E-state index contributed by atoms with van der Waals surface area (Å²) in [4.78, 5) is 0. The van der Waals surface area contributed by atoms with Gasteiger partial charge in [0.05, 0.1) is 0 Å². The van der Waals surface area contributed by atoms with E-state index in [9.17, 15) is 0 Å². The minimum atomic E-state index is -0.522. The van der Waals surface area contributed by atoms with Gasteiger partial charge in [0.25, 0.3) is 0 Å². The molecule has 0 rings (SSSR count). The molecule has 0 saturated carbocycles. The summed E-state index contributed by atoms with van der Waals surface area (Å²) in [7, 11) is 3.47. The van der Waals surface area contributed by atoms with E-state index in [1.807, 2.05) is 6.92 Å². The SMILES string of the molecule is CCCCCCCCC(CC(CN)CCN)C(C)(OC)OC. The van der Waals surface area contributed by atoms with E-state index in [4.69, 9.17) is 20.9 Å². The van der Waals surface area contributed by atoms with E-state index in [0.29, 0.717) is 24.9 Å². The summed E-state index contributed by atoms with van der Waals surface area (Å²) in [6.45, 7) is 5.68. The zero-order valence-corrected chi connectivity index (χ0v) is 15.4. The van der Waals surface area contributed by atoms with Gasteiger partial charge in [-0.05, 0) is 45.2 Å². The first-order chi connectivity index (χ1) is 10.6. The van der Waals surface area contributed by atoms with Crippen molar-refractivity contribution >= 4 is 0 Å². The van der Waals surface area contributed by atoms with Crippen molar-refractivity contribution in [3.8, 4) is 0 Å². The third-order valence-electron chi connectivity index (χ3n) is 4.98. The van der Waals surface area contributed by atoms with Crippen molar-refractivity contribution in [3.05, 3.63) is 0 Å². The summed E-state index contributed by atoms with van der Waals surface area (Å²) in [5.74, 6) is 0.305. The van der Waals surface area contributed by atoms with Crippen molar-refractivity contribution in [1.29, 1.82) is 0 Å². The Labute approximate surface area is 138 Å². The summed E-state index contributed by atoms with van der Waals surface area (Å²) in [5, 5.41) is 0. The molecule has 0 fully saturated rings. The Morgan fingerprint density at radius 2 is 1.50 bits per heavy atom. The molecule has 0 heterocycles. The van der Waals surface area contributed by atoms with Gasteiger partial charge >= 0.3 is 0 Å². The first kappa shape index (κ1) is 21.8. The number of unbranched alkanes of at least 4 members (excludes halogenated alkanes) is 5. The van der Waals surface area contributed by atoms with Crippen molar-refractivity contribution in [2.75, 3.05) is 27.3 Å². The molecule has 2 atom stereocenters. The smallest absolute Gasteiger partial charge is 0.167 e. The molecule has 4 N–H and O–H groups in total. The zero-order chi connectivity index (χ0) is 16.8. The van der Waals surface area contributed by atoms with E-state index in [0.717, 1.165) is 19.3 Å². The lowest BCUT2D eigenvalue weighted by Gasteiger charge is -2.37. The third-order valence-corrected chi connectivity index (χ3v) is 4.98. The van der Waals surface area contributed by atoms with Gasteiger partial charge in [0.1, 0.15) is 0 Å². The molecule has 0 aromatic heterocycles. The lowest BCUT2D eigenvalue weighted by Crippen LogP contribution is -2.40. The molecule has 0 aliphatic rings. The number of nitrogens with two attached hydrogens (primary N) is 2. The molecular weight excluding hydrogens is 276 g/mol. The Kier molecular flexibility index (Phi) is 13.2. The van der Waals surface area contributed by atoms with Crippen LogP contribution in [0, 0.1) is 11.8 Å². The maximum absolute atomic E-state index is 5.91. The summed E-state index contributed by atoms with van der Waals surface area (Å²) in [6, 6.07) is 0. The summed E-state index contributed by atoms with van der Waals surface area (Å²) in [5.41, 5.74) is 11.6. The van der Waals surface area contributed by atoms with Gasteiger partial charge in [-0.3, -0.25) is 0 Å². The Hall–Kier alpha value is -0.160. The van der Waals surface area contributed by atoms with Gasteiger partial charge in [0, 0.05) is 20.1 Å². The van der Waals surface area contributed by atoms with Crippen molar-refractivity contribution in [2.24, 2.45) is 23.3 Å². The predicted octanol–water partition coefficient (Wildman–Crippen LogP) is 3.68. The van der Waals surface area contributed by atoms with Crippen LogP contribution in [0.15, 0.2) is 0 Å². The molecule has 0 aromatic carbocycles. The summed E-state index contributed by atoms with van der Waals surface area (Å²) < 4.78 is 11.3. The average molecular weight is 317 g/mol. The fourth-order valence-corrected chi connectivity index (χ4v) is 3.15. The van der Waals surface area contributed by atoms with Crippen molar-refractivity contribution in [1.82, 2.24) is 0 Å². The van der Waals surface area contributed by atoms with Gasteiger partial charge in [0.15, 0.2) is 5.79 Å². The van der Waals surface area contributed by atoms with Crippen LogP contribution in [0.3, 0.4) is 0 Å². The van der Waals surface area contributed by atoms with E-state index < -0.39 is 5.79 Å². The number of hydrogen-bond acceptors (Lipinski definition) is 4. The number of rotatable bonds is 15. The van der Waals surface area contributed by atoms with Gasteiger partial charge < -0.3 is 20.9 Å². The van der Waals surface area contributed by atoms with Gasteiger partial charge in [-0.15, -0.1) is 0 Å². The molecule has 4 heteroatoms. The van der Waals surface area contributed by atoms with Crippen LogP contribution in [-0.4, -0.2) is 33.1 Å². The molecule has 4 nitrogen and oxygen atoms in total. The lowest BCUT2D eigenvalue weighted by atomic mass is 9.83. The van der Waals surface area contributed by atoms with Crippen LogP contribution in [0.25, 0.3) is 0 Å². The Morgan fingerprint density at radius 3 is 2.00 bits per heavy atom. The van der Waals surface area contributed by atoms with Gasteiger partial charge in [0.2, 0.25) is 0 Å². The minimum Gasteiger partial charge on any atom is -0.353 e. The standard InChI is InChI=1S/C18H40N2O2/c1-5-6-7-8-9-10-11-17(18(2,21-3)22-4)14-16(15-20)12-13-19/h16-17H,5-15,19-20H2,1-4H3. The maximum atomic E-state index is 5.91. The normalized spacial score (nSPS) is 15.0. The Morgan fingerprint density at radius 1 is 0.909 bits per heavy atom. The quantitative estimate of drug-likeness (QED) is 0.357. The molecule has 134 valence electrons. The van der Waals surface area contributed by atoms with Crippen LogP contribution in [-0.2, 0) is 9.47 Å². The molecule has 0 spiro atoms. The lowest BCUT2D eigenvalue weighted by molar-refractivity contribution is -0.231. The van der Waals surface area contributed by atoms with Crippen molar-refractivity contribution in [3.63, 3.8) is 0 Å². The number of methoxy groups -OCH3 is 2. The molecule has 0 aliphatic heterocycles. The van der Waals surface area contributed by atoms with Crippen LogP contribution in [0.4, 0.5) is 0 Å². The number of ether oxygens (including phenoxy) is 2. The van der Waals surface area contributed by atoms with Gasteiger partial charge in [-0.2, -0.15) is 0 Å². The van der Waals surface area contributed by atoms with Crippen LogP contribution < -0.4 is 11.5 Å². The third kappa shape index (κ3) is 8.47. The Balaban J connectivity index is 4.46. The highest BCUT2D eigenvalue weighted by Gasteiger charge is 2.35. The van der Waals surface area contributed by atoms with Gasteiger partial charge in [-0.25, -0.2) is 0 Å². The second kappa shape index (κ2) is 13.3. The van der Waals surface area contributed by atoms with Crippen molar-refractivity contribution in [2.45, 2.75) is 77.4 Å². The van der Waals surface area contributed by atoms with E-state index >= 15 is 0 Å². The predicted molar refractivity (Wildman–Crippen MR) is 94.7 cm³/mol. The minimum absolute atomic E-state index is 0.369. The average Bonchev–Trinajstić information content (AvgIpc) is 2.55. The van der Waals surface area contributed by atoms with Crippen LogP contribution in [0.2, 0.25) is 0 Å². The number of hydrogen-bond donors (Lipinski definition) is 2. The highest BCUT2D eigenvalue weighted by Crippen LogP contribution is 2.33. The van der Waals surface area contributed by atoms with E-state index in [1.165, 1.54) is 38.5 Å². The molecular formula is C18H40N2O2. The molecule has 22 heavy (non-hydrogen) atoms. The highest BCUT2D eigenvalue weighted by molar-refractivity contribution is 4.79. The first-order valence-corrected chi connectivity index (χ1v) is 9.08. The van der Waals surface area contributed by atoms with Crippen LogP contribution in [0.5, 0.6) is 0 Å². The maximum Gasteiger partial charge on any atom is 0.167 e. The monoisotopic (exact) mass is 316 g/mol. The summed E-state index contributed by atoms with van der Waals surface area (Å²) >= 11 is 0. The Bertz CT molecular complexity index is 245. The molecule has 0 bridgehead atoms. The largest absolute Gasteiger partial charge is 0.353 e. The first-order valence-electron chi connectivity index (χ1n) is 9.08. The fraction of sp³-hybridized carbons (Fsp3) is 1.00.